The van der Waals surface area contributed by atoms with Crippen LogP contribution >= 0.6 is 11.3 Å². The van der Waals surface area contributed by atoms with Crippen LogP contribution in [-0.4, -0.2) is 43.3 Å². The second kappa shape index (κ2) is 13.4. The van der Waals surface area contributed by atoms with Crippen LogP contribution in [0, 0.1) is 0 Å². The topological polar surface area (TPSA) is 111 Å². The second-order valence-electron chi connectivity index (χ2n) is 7.64. The van der Waals surface area contributed by atoms with E-state index in [9.17, 15) is 19.2 Å². The lowest BCUT2D eigenvalue weighted by Gasteiger charge is -2.20. The normalized spacial score (nSPS) is 11.5. The number of Topliss-reactive ketones (excluding diaryl/α,β-unsaturated/α-hetero) is 1. The molecule has 1 heterocycles. The van der Waals surface area contributed by atoms with Crippen molar-refractivity contribution in [3.05, 3.63) is 52.2 Å². The SMILES string of the molecule is COc1ccc(C(CC(=O)OC(C)C)NC(=O)CCNC(=O)CCC(=O)c2cccs2)cc1. The second-order valence-corrected chi connectivity index (χ2v) is 8.58. The third-order valence-electron chi connectivity index (χ3n) is 4.64. The molecule has 0 saturated heterocycles. The first-order valence-electron chi connectivity index (χ1n) is 10.7. The zero-order valence-corrected chi connectivity index (χ0v) is 19.9. The van der Waals surface area contributed by atoms with Crippen molar-refractivity contribution in [2.24, 2.45) is 0 Å². The number of hydrogen-bond acceptors (Lipinski definition) is 7. The van der Waals surface area contributed by atoms with Gasteiger partial charge in [0.2, 0.25) is 11.8 Å². The van der Waals surface area contributed by atoms with Crippen LogP contribution in [0.3, 0.4) is 0 Å². The van der Waals surface area contributed by atoms with E-state index in [1.807, 2.05) is 5.38 Å². The Balaban J connectivity index is 1.83. The summed E-state index contributed by atoms with van der Waals surface area (Å²) in [6.45, 7) is 3.65. The third kappa shape index (κ3) is 9.44. The van der Waals surface area contributed by atoms with E-state index in [1.165, 1.54) is 11.3 Å². The monoisotopic (exact) mass is 474 g/mol. The number of carbonyl (C=O) groups excluding carboxylic acids is 4. The molecule has 0 aliphatic heterocycles. The van der Waals surface area contributed by atoms with Crippen molar-refractivity contribution < 1.29 is 28.7 Å². The maximum Gasteiger partial charge on any atom is 0.308 e. The summed E-state index contributed by atoms with van der Waals surface area (Å²) in [6.07, 6.45) is -0.0555. The van der Waals surface area contributed by atoms with Gasteiger partial charge in [-0.25, -0.2) is 0 Å². The average molecular weight is 475 g/mol. The summed E-state index contributed by atoms with van der Waals surface area (Å²) < 4.78 is 10.4. The van der Waals surface area contributed by atoms with Gasteiger partial charge in [0.1, 0.15) is 5.75 Å². The summed E-state index contributed by atoms with van der Waals surface area (Å²) in [4.78, 5) is 49.2. The van der Waals surface area contributed by atoms with E-state index in [0.717, 1.165) is 5.56 Å². The lowest BCUT2D eigenvalue weighted by atomic mass is 10.0. The minimum Gasteiger partial charge on any atom is -0.497 e. The van der Waals surface area contributed by atoms with Gasteiger partial charge in [-0.15, -0.1) is 11.3 Å². The Bertz CT molecular complexity index is 925. The quantitative estimate of drug-likeness (QED) is 0.340. The molecule has 1 unspecified atom stereocenters. The molecule has 0 aliphatic rings. The maximum absolute atomic E-state index is 12.5. The zero-order chi connectivity index (χ0) is 24.2. The van der Waals surface area contributed by atoms with Crippen LogP contribution in [0.15, 0.2) is 41.8 Å². The molecule has 2 aromatic rings. The Labute approximate surface area is 197 Å². The summed E-state index contributed by atoms with van der Waals surface area (Å²) in [6, 6.07) is 10.00. The van der Waals surface area contributed by atoms with Crippen LogP contribution in [-0.2, 0) is 19.1 Å². The third-order valence-corrected chi connectivity index (χ3v) is 5.55. The molecule has 1 aromatic heterocycles. The highest BCUT2D eigenvalue weighted by Crippen LogP contribution is 2.21. The number of thiophene rings is 1. The number of esters is 1. The fourth-order valence-electron chi connectivity index (χ4n) is 3.02. The summed E-state index contributed by atoms with van der Waals surface area (Å²) >= 11 is 1.34. The number of rotatable bonds is 13. The molecule has 2 N–H and O–H groups in total. The van der Waals surface area contributed by atoms with Crippen LogP contribution in [0.25, 0.3) is 0 Å². The molecule has 0 fully saturated rings. The molecule has 33 heavy (non-hydrogen) atoms. The van der Waals surface area contributed by atoms with Gasteiger partial charge in [-0.05, 0) is 43.0 Å². The minimum atomic E-state index is -0.575. The number of amides is 2. The predicted molar refractivity (Wildman–Crippen MR) is 125 cm³/mol. The molecule has 0 spiro atoms. The van der Waals surface area contributed by atoms with Gasteiger partial charge in [-0.1, -0.05) is 18.2 Å². The fourth-order valence-corrected chi connectivity index (χ4v) is 3.72. The maximum atomic E-state index is 12.5. The molecule has 1 aromatic carbocycles. The number of methoxy groups -OCH3 is 1. The van der Waals surface area contributed by atoms with E-state index in [-0.39, 0.29) is 55.9 Å². The highest BCUT2D eigenvalue weighted by atomic mass is 32.1. The molecule has 178 valence electrons. The summed E-state index contributed by atoms with van der Waals surface area (Å²) in [5, 5.41) is 7.30. The van der Waals surface area contributed by atoms with E-state index < -0.39 is 12.0 Å². The lowest BCUT2D eigenvalue weighted by molar-refractivity contribution is -0.148. The zero-order valence-electron chi connectivity index (χ0n) is 19.1. The van der Waals surface area contributed by atoms with Crippen molar-refractivity contribution in [3.8, 4) is 5.75 Å². The van der Waals surface area contributed by atoms with Crippen molar-refractivity contribution in [3.63, 3.8) is 0 Å². The predicted octanol–water partition coefficient (Wildman–Crippen LogP) is 3.43. The Morgan fingerprint density at radius 3 is 2.30 bits per heavy atom. The Morgan fingerprint density at radius 1 is 0.970 bits per heavy atom. The van der Waals surface area contributed by atoms with Crippen molar-refractivity contribution in [1.29, 1.82) is 0 Å². The van der Waals surface area contributed by atoms with E-state index in [0.29, 0.717) is 10.6 Å². The van der Waals surface area contributed by atoms with E-state index >= 15 is 0 Å². The average Bonchev–Trinajstić information content (AvgIpc) is 3.31. The van der Waals surface area contributed by atoms with Crippen LogP contribution in [0.2, 0.25) is 0 Å². The molecule has 0 aliphatic carbocycles. The smallest absolute Gasteiger partial charge is 0.308 e. The van der Waals surface area contributed by atoms with Gasteiger partial charge in [-0.3, -0.25) is 19.2 Å². The van der Waals surface area contributed by atoms with Gasteiger partial charge in [-0.2, -0.15) is 0 Å². The first-order chi connectivity index (χ1) is 15.8. The van der Waals surface area contributed by atoms with E-state index in [1.54, 1.807) is 57.4 Å². The molecule has 1 atom stereocenters. The molecule has 0 saturated carbocycles. The molecular formula is C24H30N2O6S. The number of hydrogen-bond donors (Lipinski definition) is 2. The van der Waals surface area contributed by atoms with Crippen molar-refractivity contribution >= 4 is 34.9 Å². The Hall–Kier alpha value is -3.20. The van der Waals surface area contributed by atoms with Crippen molar-refractivity contribution in [2.45, 2.75) is 51.7 Å². The van der Waals surface area contributed by atoms with Crippen LogP contribution in [0.5, 0.6) is 5.75 Å². The Kier molecular flexibility index (Phi) is 10.6. The summed E-state index contributed by atoms with van der Waals surface area (Å²) in [5.74, 6) is -0.444. The molecule has 0 radical (unpaired) electrons. The summed E-state index contributed by atoms with van der Waals surface area (Å²) in [7, 11) is 1.56. The van der Waals surface area contributed by atoms with Gasteiger partial charge >= 0.3 is 5.97 Å². The minimum absolute atomic E-state index is 0.0204. The number of ketones is 1. The van der Waals surface area contributed by atoms with Crippen molar-refractivity contribution in [2.75, 3.05) is 13.7 Å². The molecule has 8 nitrogen and oxygen atoms in total. The van der Waals surface area contributed by atoms with E-state index in [2.05, 4.69) is 10.6 Å². The standard InChI is InChI=1S/C24H30N2O6S/c1-16(2)32-24(30)15-19(17-6-8-18(31-3)9-7-17)26-23(29)12-13-25-22(28)11-10-20(27)21-5-4-14-33-21/h4-9,14,16,19H,10-13,15H2,1-3H3,(H,25,28)(H,26,29). The van der Waals surface area contributed by atoms with Crippen LogP contribution in [0.1, 0.15) is 60.8 Å². The van der Waals surface area contributed by atoms with Gasteiger partial charge in [0.05, 0.1) is 30.6 Å². The fraction of sp³-hybridized carbons (Fsp3) is 0.417. The molecule has 2 rings (SSSR count). The molecule has 9 heteroatoms. The Morgan fingerprint density at radius 2 is 1.70 bits per heavy atom. The highest BCUT2D eigenvalue weighted by molar-refractivity contribution is 7.12. The van der Waals surface area contributed by atoms with Crippen LogP contribution in [0.4, 0.5) is 0 Å². The summed E-state index contributed by atoms with van der Waals surface area (Å²) in [5.41, 5.74) is 0.737. The van der Waals surface area contributed by atoms with Gasteiger partial charge in [0.15, 0.2) is 5.78 Å². The lowest BCUT2D eigenvalue weighted by Crippen LogP contribution is -2.34. The van der Waals surface area contributed by atoms with Crippen LogP contribution < -0.4 is 15.4 Å². The first-order valence-corrected chi connectivity index (χ1v) is 11.6. The molecular weight excluding hydrogens is 444 g/mol. The number of ether oxygens (including phenoxy) is 2. The molecule has 2 amide bonds. The number of carbonyl (C=O) groups is 4. The highest BCUT2D eigenvalue weighted by Gasteiger charge is 2.20. The van der Waals surface area contributed by atoms with E-state index in [4.69, 9.17) is 9.47 Å². The van der Waals surface area contributed by atoms with Crippen molar-refractivity contribution in [1.82, 2.24) is 10.6 Å². The number of benzene rings is 1. The largest absolute Gasteiger partial charge is 0.497 e. The van der Waals surface area contributed by atoms with Gasteiger partial charge in [0.25, 0.3) is 0 Å². The molecule has 0 bridgehead atoms. The van der Waals surface area contributed by atoms with Gasteiger partial charge in [0, 0.05) is 25.8 Å². The first kappa shape index (κ1) is 26.1. The van der Waals surface area contributed by atoms with Gasteiger partial charge < -0.3 is 20.1 Å². The number of nitrogens with one attached hydrogen (secondary N) is 2.